The second kappa shape index (κ2) is 6.46. The van der Waals surface area contributed by atoms with E-state index < -0.39 is 0 Å². The molecular weight excluding hydrogens is 257 g/mol. The van der Waals surface area contributed by atoms with Gasteiger partial charge in [-0.05, 0) is 38.9 Å². The topological polar surface area (TPSA) is 29.5 Å². The SMILES string of the molecule is Cc1ccc(C(=O)CCN(C)C2CCOC2C)cc1F. The van der Waals surface area contributed by atoms with Gasteiger partial charge in [0.2, 0.25) is 0 Å². The largest absolute Gasteiger partial charge is 0.377 e. The van der Waals surface area contributed by atoms with Crippen LogP contribution in [-0.2, 0) is 4.74 Å². The number of rotatable bonds is 5. The van der Waals surface area contributed by atoms with E-state index in [-0.39, 0.29) is 17.7 Å². The van der Waals surface area contributed by atoms with Crippen molar-refractivity contribution in [2.75, 3.05) is 20.2 Å². The lowest BCUT2D eigenvalue weighted by Crippen LogP contribution is -2.37. The molecule has 1 aromatic carbocycles. The number of carbonyl (C=O) groups excluding carboxylic acids is 1. The number of likely N-dealkylation sites (N-methyl/N-ethyl adjacent to an activating group) is 1. The monoisotopic (exact) mass is 279 g/mol. The number of ether oxygens (including phenoxy) is 1. The molecule has 1 saturated heterocycles. The number of nitrogens with zero attached hydrogens (tertiary/aromatic N) is 1. The molecule has 4 heteroatoms. The molecule has 2 unspecified atom stereocenters. The van der Waals surface area contributed by atoms with Gasteiger partial charge < -0.3 is 9.64 Å². The Morgan fingerprint density at radius 1 is 1.50 bits per heavy atom. The summed E-state index contributed by atoms with van der Waals surface area (Å²) in [5.74, 6) is -0.329. The molecular formula is C16H22FNO2. The molecule has 110 valence electrons. The van der Waals surface area contributed by atoms with Crippen LogP contribution in [0, 0.1) is 12.7 Å². The van der Waals surface area contributed by atoms with Crippen LogP contribution >= 0.6 is 0 Å². The van der Waals surface area contributed by atoms with Gasteiger partial charge in [-0.15, -0.1) is 0 Å². The summed E-state index contributed by atoms with van der Waals surface area (Å²) in [5, 5.41) is 0. The minimum absolute atomic E-state index is 0.0117. The van der Waals surface area contributed by atoms with E-state index in [1.807, 2.05) is 7.05 Å². The van der Waals surface area contributed by atoms with Crippen LogP contribution in [0.4, 0.5) is 4.39 Å². The van der Waals surface area contributed by atoms with Crippen molar-refractivity contribution >= 4 is 5.78 Å². The molecule has 0 aliphatic carbocycles. The van der Waals surface area contributed by atoms with Gasteiger partial charge in [-0.1, -0.05) is 12.1 Å². The Kier molecular flexibility index (Phi) is 4.89. The quantitative estimate of drug-likeness (QED) is 0.776. The number of carbonyl (C=O) groups is 1. The second-order valence-electron chi connectivity index (χ2n) is 5.55. The molecule has 1 aromatic rings. The lowest BCUT2D eigenvalue weighted by Gasteiger charge is -2.26. The molecule has 0 saturated carbocycles. The summed E-state index contributed by atoms with van der Waals surface area (Å²) in [6.07, 6.45) is 1.62. The van der Waals surface area contributed by atoms with Gasteiger partial charge in [-0.3, -0.25) is 4.79 Å². The maximum atomic E-state index is 13.5. The number of Topliss-reactive ketones (excluding diaryl/α,β-unsaturated/α-hetero) is 1. The van der Waals surface area contributed by atoms with Crippen molar-refractivity contribution in [3.8, 4) is 0 Å². The third-order valence-electron chi connectivity index (χ3n) is 4.09. The first-order valence-corrected chi connectivity index (χ1v) is 7.10. The van der Waals surface area contributed by atoms with Crippen molar-refractivity contribution in [2.24, 2.45) is 0 Å². The number of halogens is 1. The van der Waals surface area contributed by atoms with Crippen LogP contribution in [-0.4, -0.2) is 43.0 Å². The molecule has 1 heterocycles. The van der Waals surface area contributed by atoms with Gasteiger partial charge in [-0.2, -0.15) is 0 Å². The molecule has 20 heavy (non-hydrogen) atoms. The van der Waals surface area contributed by atoms with Crippen LogP contribution in [0.15, 0.2) is 18.2 Å². The summed E-state index contributed by atoms with van der Waals surface area (Å²) in [5.41, 5.74) is 1.02. The van der Waals surface area contributed by atoms with E-state index in [4.69, 9.17) is 4.74 Å². The zero-order valence-corrected chi connectivity index (χ0v) is 12.4. The Morgan fingerprint density at radius 3 is 2.85 bits per heavy atom. The second-order valence-corrected chi connectivity index (χ2v) is 5.55. The number of aryl methyl sites for hydroxylation is 1. The Hall–Kier alpha value is -1.26. The van der Waals surface area contributed by atoms with E-state index in [1.54, 1.807) is 19.1 Å². The number of hydrogen-bond acceptors (Lipinski definition) is 3. The van der Waals surface area contributed by atoms with E-state index in [1.165, 1.54) is 6.07 Å². The summed E-state index contributed by atoms with van der Waals surface area (Å²) in [6.45, 7) is 5.21. The van der Waals surface area contributed by atoms with E-state index >= 15 is 0 Å². The summed E-state index contributed by atoms with van der Waals surface area (Å²) >= 11 is 0. The van der Waals surface area contributed by atoms with E-state index in [0.717, 1.165) is 13.0 Å². The average Bonchev–Trinajstić information content (AvgIpc) is 2.85. The fraction of sp³-hybridized carbons (Fsp3) is 0.562. The summed E-state index contributed by atoms with van der Waals surface area (Å²) in [4.78, 5) is 14.3. The van der Waals surface area contributed by atoms with Gasteiger partial charge in [0.15, 0.2) is 5.78 Å². The molecule has 0 bridgehead atoms. The molecule has 1 aliphatic heterocycles. The maximum absolute atomic E-state index is 13.5. The highest BCUT2D eigenvalue weighted by Crippen LogP contribution is 2.19. The van der Waals surface area contributed by atoms with Gasteiger partial charge in [-0.25, -0.2) is 4.39 Å². The minimum Gasteiger partial charge on any atom is -0.377 e. The predicted molar refractivity (Wildman–Crippen MR) is 76.5 cm³/mol. The number of ketones is 1. The maximum Gasteiger partial charge on any atom is 0.164 e. The Balaban J connectivity index is 1.89. The lowest BCUT2D eigenvalue weighted by molar-refractivity contribution is 0.0793. The first kappa shape index (κ1) is 15.1. The van der Waals surface area contributed by atoms with Gasteiger partial charge in [0.1, 0.15) is 5.82 Å². The highest BCUT2D eigenvalue weighted by molar-refractivity contribution is 5.96. The van der Waals surface area contributed by atoms with Gasteiger partial charge in [0.25, 0.3) is 0 Å². The third kappa shape index (κ3) is 3.44. The fourth-order valence-electron chi connectivity index (χ4n) is 2.65. The molecule has 0 radical (unpaired) electrons. The van der Waals surface area contributed by atoms with E-state index in [9.17, 15) is 9.18 Å². The highest BCUT2D eigenvalue weighted by atomic mass is 19.1. The van der Waals surface area contributed by atoms with Gasteiger partial charge >= 0.3 is 0 Å². The number of hydrogen-bond donors (Lipinski definition) is 0. The predicted octanol–water partition coefficient (Wildman–Crippen LogP) is 2.82. The minimum atomic E-state index is -0.318. The van der Waals surface area contributed by atoms with Crippen molar-refractivity contribution in [1.29, 1.82) is 0 Å². The van der Waals surface area contributed by atoms with Crippen LogP contribution in [0.2, 0.25) is 0 Å². The van der Waals surface area contributed by atoms with Crippen LogP contribution in [0.3, 0.4) is 0 Å². The van der Waals surface area contributed by atoms with Crippen molar-refractivity contribution in [1.82, 2.24) is 4.90 Å². The smallest absolute Gasteiger partial charge is 0.164 e. The van der Waals surface area contributed by atoms with E-state index in [0.29, 0.717) is 30.1 Å². The normalized spacial score (nSPS) is 22.4. The van der Waals surface area contributed by atoms with E-state index in [2.05, 4.69) is 11.8 Å². The first-order chi connectivity index (χ1) is 9.49. The van der Waals surface area contributed by atoms with Crippen LogP contribution in [0.1, 0.15) is 35.7 Å². The Labute approximate surface area is 119 Å². The summed E-state index contributed by atoms with van der Waals surface area (Å²) in [6, 6.07) is 5.05. The van der Waals surface area contributed by atoms with Crippen LogP contribution in [0.25, 0.3) is 0 Å². The van der Waals surface area contributed by atoms with Crippen molar-refractivity contribution < 1.29 is 13.9 Å². The molecule has 0 amide bonds. The zero-order chi connectivity index (χ0) is 14.7. The van der Waals surface area contributed by atoms with Gasteiger partial charge in [0, 0.05) is 31.2 Å². The fourth-order valence-corrected chi connectivity index (χ4v) is 2.65. The molecule has 2 atom stereocenters. The van der Waals surface area contributed by atoms with Crippen LogP contribution in [0.5, 0.6) is 0 Å². The van der Waals surface area contributed by atoms with Crippen molar-refractivity contribution in [2.45, 2.75) is 38.8 Å². The molecule has 1 aliphatic rings. The standard InChI is InChI=1S/C16H22FNO2/c1-11-4-5-13(10-14(11)17)16(19)6-8-18(3)15-7-9-20-12(15)2/h4-5,10,12,15H,6-9H2,1-3H3. The summed E-state index contributed by atoms with van der Waals surface area (Å²) in [7, 11) is 2.01. The third-order valence-corrected chi connectivity index (χ3v) is 4.09. The van der Waals surface area contributed by atoms with Gasteiger partial charge in [0.05, 0.1) is 6.10 Å². The molecule has 1 fully saturated rings. The molecule has 0 spiro atoms. The first-order valence-electron chi connectivity index (χ1n) is 7.10. The molecule has 0 aromatic heterocycles. The lowest BCUT2D eigenvalue weighted by atomic mass is 10.0. The summed E-state index contributed by atoms with van der Waals surface area (Å²) < 4.78 is 19.0. The number of benzene rings is 1. The molecule has 2 rings (SSSR count). The zero-order valence-electron chi connectivity index (χ0n) is 12.4. The molecule has 3 nitrogen and oxygen atoms in total. The van der Waals surface area contributed by atoms with Crippen molar-refractivity contribution in [3.63, 3.8) is 0 Å². The Bertz CT molecular complexity index is 489. The van der Waals surface area contributed by atoms with Crippen molar-refractivity contribution in [3.05, 3.63) is 35.1 Å². The average molecular weight is 279 g/mol. The van der Waals surface area contributed by atoms with Crippen LogP contribution < -0.4 is 0 Å². The molecule has 0 N–H and O–H groups in total. The highest BCUT2D eigenvalue weighted by Gasteiger charge is 2.27. The Morgan fingerprint density at radius 2 is 2.25 bits per heavy atom.